The van der Waals surface area contributed by atoms with Crippen molar-refractivity contribution in [1.29, 1.82) is 5.26 Å². The van der Waals surface area contributed by atoms with Gasteiger partial charge in [-0.1, -0.05) is 6.07 Å². The number of hydrogen-bond acceptors (Lipinski definition) is 4. The van der Waals surface area contributed by atoms with Crippen LogP contribution in [0.15, 0.2) is 27.4 Å². The van der Waals surface area contributed by atoms with Gasteiger partial charge in [0.05, 0.1) is 23.0 Å². The normalized spacial score (nSPS) is 18.4. The second kappa shape index (κ2) is 3.72. The topological polar surface area (TPSA) is 81.8 Å². The lowest BCUT2D eigenvalue weighted by molar-refractivity contribution is 0.444. The van der Waals surface area contributed by atoms with Crippen molar-refractivity contribution in [2.75, 3.05) is 7.05 Å². The van der Waals surface area contributed by atoms with Crippen LogP contribution in [-0.2, 0) is 0 Å². The highest BCUT2D eigenvalue weighted by atomic mass is 16.4. The fraction of sp³-hybridized carbons (Fsp3) is 0.385. The van der Waals surface area contributed by atoms with Crippen molar-refractivity contribution in [2.45, 2.75) is 18.9 Å². The average Bonchev–Trinajstić information content (AvgIpc) is 3.05. The van der Waals surface area contributed by atoms with E-state index in [0.717, 1.165) is 18.4 Å². The van der Waals surface area contributed by atoms with Gasteiger partial charge in [-0.25, -0.2) is 4.79 Å². The zero-order valence-electron chi connectivity index (χ0n) is 9.99. The van der Waals surface area contributed by atoms with E-state index in [1.54, 1.807) is 6.07 Å². The van der Waals surface area contributed by atoms with Crippen LogP contribution in [0.25, 0.3) is 11.1 Å². The molecule has 1 aromatic carbocycles. The number of fused-ring (bicyclic) bond motifs is 1. The largest absolute Gasteiger partial charge is 0.417 e. The molecule has 2 aromatic rings. The molecule has 0 amide bonds. The van der Waals surface area contributed by atoms with E-state index in [4.69, 9.17) is 4.42 Å². The summed E-state index contributed by atoms with van der Waals surface area (Å²) in [6.07, 6.45) is 1.82. The minimum atomic E-state index is -0.454. The second-order valence-corrected chi connectivity index (χ2v) is 4.76. The Morgan fingerprint density at radius 2 is 2.33 bits per heavy atom. The lowest BCUT2D eigenvalue weighted by atomic mass is 9.91. The first kappa shape index (κ1) is 11.1. The third-order valence-electron chi connectivity index (χ3n) is 3.63. The van der Waals surface area contributed by atoms with Gasteiger partial charge < -0.3 is 9.73 Å². The molecule has 1 aliphatic carbocycles. The van der Waals surface area contributed by atoms with E-state index in [0.29, 0.717) is 11.1 Å². The molecule has 1 fully saturated rings. The summed E-state index contributed by atoms with van der Waals surface area (Å²) < 4.78 is 4.97. The van der Waals surface area contributed by atoms with Gasteiger partial charge in [-0.2, -0.15) is 5.26 Å². The molecule has 1 unspecified atom stereocenters. The van der Waals surface area contributed by atoms with E-state index >= 15 is 0 Å². The highest BCUT2D eigenvalue weighted by Crippen LogP contribution is 2.54. The van der Waals surface area contributed by atoms with Gasteiger partial charge >= 0.3 is 5.76 Å². The maximum atomic E-state index is 11.1. The molecule has 1 saturated carbocycles. The first-order chi connectivity index (χ1) is 8.68. The zero-order chi connectivity index (χ0) is 12.8. The molecule has 0 saturated heterocycles. The Bertz CT molecular complexity index is 688. The van der Waals surface area contributed by atoms with Crippen molar-refractivity contribution in [2.24, 2.45) is 5.41 Å². The smallest absolute Gasteiger partial charge is 0.408 e. The van der Waals surface area contributed by atoms with E-state index in [1.165, 1.54) is 0 Å². The van der Waals surface area contributed by atoms with Crippen molar-refractivity contribution in [3.63, 3.8) is 0 Å². The summed E-state index contributed by atoms with van der Waals surface area (Å²) in [6, 6.07) is 7.93. The number of rotatable bonds is 3. The quantitative estimate of drug-likeness (QED) is 0.859. The molecule has 0 aliphatic heterocycles. The Morgan fingerprint density at radius 1 is 1.56 bits per heavy atom. The molecule has 92 valence electrons. The maximum Gasteiger partial charge on any atom is 0.417 e. The molecule has 5 heteroatoms. The Labute approximate surface area is 103 Å². The first-order valence-electron chi connectivity index (χ1n) is 5.90. The van der Waals surface area contributed by atoms with Crippen molar-refractivity contribution in [3.8, 4) is 6.07 Å². The number of benzene rings is 1. The fourth-order valence-electron chi connectivity index (χ4n) is 2.51. The van der Waals surface area contributed by atoms with Crippen LogP contribution in [-0.4, -0.2) is 12.0 Å². The van der Waals surface area contributed by atoms with Gasteiger partial charge in [-0.05, 0) is 37.6 Å². The van der Waals surface area contributed by atoms with Crippen LogP contribution in [0.4, 0.5) is 0 Å². The standard InChI is InChI=1S/C13H13N3O2/c1-15-11(13(7-14)4-5-13)8-2-3-10-9(6-8)16-12(17)18-10/h2-3,6,11,15H,4-5H2,1H3,(H,16,17). The van der Waals surface area contributed by atoms with Crippen molar-refractivity contribution < 1.29 is 4.42 Å². The average molecular weight is 243 g/mol. The molecule has 1 heterocycles. The van der Waals surface area contributed by atoms with Crippen LogP contribution in [0.5, 0.6) is 0 Å². The van der Waals surface area contributed by atoms with E-state index in [1.807, 2.05) is 19.2 Å². The van der Waals surface area contributed by atoms with E-state index < -0.39 is 5.76 Å². The minimum Gasteiger partial charge on any atom is -0.408 e. The SMILES string of the molecule is CNC(c1ccc2oc(=O)[nH]c2c1)C1(C#N)CC1. The minimum absolute atomic E-state index is 0.00898. The lowest BCUT2D eigenvalue weighted by Gasteiger charge is -2.21. The first-order valence-corrected chi connectivity index (χ1v) is 5.90. The van der Waals surface area contributed by atoms with E-state index in [9.17, 15) is 10.1 Å². The molecule has 1 aromatic heterocycles. The molecule has 0 radical (unpaired) electrons. The zero-order valence-corrected chi connectivity index (χ0v) is 9.99. The predicted octanol–water partition coefficient (Wildman–Crippen LogP) is 1.69. The number of nitrogens with zero attached hydrogens (tertiary/aromatic N) is 1. The van der Waals surface area contributed by atoms with Crippen molar-refractivity contribution in [1.82, 2.24) is 10.3 Å². The highest BCUT2D eigenvalue weighted by Gasteiger charge is 2.50. The van der Waals surface area contributed by atoms with Gasteiger partial charge in [-0.15, -0.1) is 0 Å². The van der Waals surface area contributed by atoms with E-state index in [-0.39, 0.29) is 11.5 Å². The molecular weight excluding hydrogens is 230 g/mol. The van der Waals surface area contributed by atoms with Crippen LogP contribution in [0.3, 0.4) is 0 Å². The number of aromatic amines is 1. The van der Waals surface area contributed by atoms with E-state index in [2.05, 4.69) is 16.4 Å². The van der Waals surface area contributed by atoms with Crippen LogP contribution in [0.2, 0.25) is 0 Å². The van der Waals surface area contributed by atoms with Gasteiger partial charge in [0.25, 0.3) is 0 Å². The van der Waals surface area contributed by atoms with Crippen LogP contribution >= 0.6 is 0 Å². The Balaban J connectivity index is 2.08. The monoisotopic (exact) mass is 243 g/mol. The molecule has 3 rings (SSSR count). The number of nitrogens with one attached hydrogen (secondary N) is 2. The van der Waals surface area contributed by atoms with Crippen LogP contribution in [0, 0.1) is 16.7 Å². The van der Waals surface area contributed by atoms with Crippen LogP contribution in [0.1, 0.15) is 24.4 Å². The third kappa shape index (κ3) is 1.54. The lowest BCUT2D eigenvalue weighted by Crippen LogP contribution is -2.25. The van der Waals surface area contributed by atoms with Gasteiger partial charge in [-0.3, -0.25) is 4.98 Å². The number of oxazole rings is 1. The van der Waals surface area contributed by atoms with Gasteiger partial charge in [0.15, 0.2) is 5.58 Å². The molecule has 2 N–H and O–H groups in total. The highest BCUT2D eigenvalue weighted by molar-refractivity contribution is 5.73. The molecule has 0 spiro atoms. The molecule has 0 bridgehead atoms. The summed E-state index contributed by atoms with van der Waals surface area (Å²) in [5, 5.41) is 12.5. The van der Waals surface area contributed by atoms with Crippen LogP contribution < -0.4 is 11.1 Å². The van der Waals surface area contributed by atoms with Gasteiger partial charge in [0, 0.05) is 0 Å². The van der Waals surface area contributed by atoms with Gasteiger partial charge in [0.1, 0.15) is 0 Å². The summed E-state index contributed by atoms with van der Waals surface area (Å²) in [5.74, 6) is -0.454. The summed E-state index contributed by atoms with van der Waals surface area (Å²) in [7, 11) is 1.85. The summed E-state index contributed by atoms with van der Waals surface area (Å²) in [4.78, 5) is 13.7. The molecule has 1 atom stereocenters. The summed E-state index contributed by atoms with van der Waals surface area (Å²) in [6.45, 7) is 0. The Kier molecular flexibility index (Phi) is 2.28. The van der Waals surface area contributed by atoms with Crippen molar-refractivity contribution in [3.05, 3.63) is 34.3 Å². The van der Waals surface area contributed by atoms with Crippen molar-refractivity contribution >= 4 is 11.1 Å². The fourth-order valence-corrected chi connectivity index (χ4v) is 2.51. The Hall–Kier alpha value is -2.06. The Morgan fingerprint density at radius 3 is 2.94 bits per heavy atom. The number of hydrogen-bond donors (Lipinski definition) is 2. The van der Waals surface area contributed by atoms with Gasteiger partial charge in [0.2, 0.25) is 0 Å². The molecular formula is C13H13N3O2. The summed E-state index contributed by atoms with van der Waals surface area (Å²) >= 11 is 0. The number of aromatic nitrogens is 1. The molecule has 5 nitrogen and oxygen atoms in total. The molecule has 18 heavy (non-hydrogen) atoms. The predicted molar refractivity (Wildman–Crippen MR) is 65.9 cm³/mol. The maximum absolute atomic E-state index is 11.1. The molecule has 1 aliphatic rings. The third-order valence-corrected chi connectivity index (χ3v) is 3.63. The second-order valence-electron chi connectivity index (χ2n) is 4.76. The number of H-pyrrole nitrogens is 1. The number of nitriles is 1. The summed E-state index contributed by atoms with van der Waals surface area (Å²) in [5.41, 5.74) is 1.92.